The third-order valence-electron chi connectivity index (χ3n) is 3.53. The van der Waals surface area contributed by atoms with Crippen LogP contribution >= 0.6 is 11.8 Å². The van der Waals surface area contributed by atoms with Crippen LogP contribution in [0.3, 0.4) is 0 Å². The molecule has 17 heavy (non-hydrogen) atoms. The van der Waals surface area contributed by atoms with Crippen molar-refractivity contribution in [2.24, 2.45) is 0 Å². The number of benzene rings is 1. The quantitative estimate of drug-likeness (QED) is 0.792. The molecule has 0 heterocycles. The van der Waals surface area contributed by atoms with Crippen LogP contribution in [0.4, 0.5) is 0 Å². The Kier molecular flexibility index (Phi) is 4.93. The smallest absolute Gasteiger partial charge is 0.00684 e. The molecule has 94 valence electrons. The Bertz CT molecular complexity index is 347. The molecule has 1 atom stereocenters. The van der Waals surface area contributed by atoms with E-state index in [1.807, 2.05) is 11.8 Å². The second kappa shape index (κ2) is 6.46. The average Bonchev–Trinajstić information content (AvgIpc) is 3.15. The van der Waals surface area contributed by atoms with E-state index in [9.17, 15) is 0 Å². The van der Waals surface area contributed by atoms with Crippen molar-refractivity contribution >= 4 is 11.8 Å². The van der Waals surface area contributed by atoms with Crippen molar-refractivity contribution in [2.75, 3.05) is 18.6 Å². The van der Waals surface area contributed by atoms with Crippen molar-refractivity contribution in [3.8, 4) is 0 Å². The van der Waals surface area contributed by atoms with Crippen molar-refractivity contribution in [2.45, 2.75) is 38.1 Å². The van der Waals surface area contributed by atoms with E-state index in [0.717, 1.165) is 12.6 Å². The maximum absolute atomic E-state index is 3.68. The van der Waals surface area contributed by atoms with Crippen LogP contribution in [0.1, 0.15) is 36.3 Å². The molecular formula is C15H23NS. The van der Waals surface area contributed by atoms with E-state index in [-0.39, 0.29) is 0 Å². The summed E-state index contributed by atoms with van der Waals surface area (Å²) in [5, 5.41) is 3.68. The van der Waals surface area contributed by atoms with Crippen molar-refractivity contribution in [1.29, 1.82) is 0 Å². The molecule has 0 bridgehead atoms. The second-order valence-corrected chi connectivity index (χ2v) is 6.00. The summed E-state index contributed by atoms with van der Waals surface area (Å²) in [5.74, 6) is 1.94. The minimum Gasteiger partial charge on any atom is -0.313 e. The number of nitrogens with one attached hydrogen (secondary N) is 1. The first-order chi connectivity index (χ1) is 8.31. The van der Waals surface area contributed by atoms with E-state index >= 15 is 0 Å². The standard InChI is InChI=1S/C15H23NS/c1-12-5-3-4-6-15(12)13(9-10-17-2)11-16-14-7-8-14/h3-6,13-14,16H,7-11H2,1-2H3. The molecular weight excluding hydrogens is 226 g/mol. The third kappa shape index (κ3) is 4.04. The van der Waals surface area contributed by atoms with Crippen LogP contribution in [-0.4, -0.2) is 24.6 Å². The van der Waals surface area contributed by atoms with Crippen LogP contribution in [0.5, 0.6) is 0 Å². The van der Waals surface area contributed by atoms with Gasteiger partial charge in [0.2, 0.25) is 0 Å². The van der Waals surface area contributed by atoms with E-state index in [4.69, 9.17) is 0 Å². The number of rotatable bonds is 7. The molecule has 0 saturated heterocycles. The van der Waals surface area contributed by atoms with Crippen LogP contribution in [-0.2, 0) is 0 Å². The lowest BCUT2D eigenvalue weighted by Gasteiger charge is -2.19. The molecule has 2 rings (SSSR count). The summed E-state index contributed by atoms with van der Waals surface area (Å²) < 4.78 is 0. The Hall–Kier alpha value is -0.470. The van der Waals surface area contributed by atoms with E-state index in [1.54, 1.807) is 0 Å². The maximum atomic E-state index is 3.68. The van der Waals surface area contributed by atoms with Crippen molar-refractivity contribution < 1.29 is 0 Å². The molecule has 1 aliphatic carbocycles. The zero-order valence-electron chi connectivity index (χ0n) is 10.9. The molecule has 0 radical (unpaired) electrons. The summed E-state index contributed by atoms with van der Waals surface area (Å²) in [7, 11) is 0. The molecule has 1 aliphatic rings. The molecule has 1 nitrogen and oxygen atoms in total. The number of hydrogen-bond donors (Lipinski definition) is 1. The predicted molar refractivity (Wildman–Crippen MR) is 77.9 cm³/mol. The third-order valence-corrected chi connectivity index (χ3v) is 4.17. The fourth-order valence-corrected chi connectivity index (χ4v) is 2.79. The second-order valence-electron chi connectivity index (χ2n) is 5.02. The SMILES string of the molecule is CSCCC(CNC1CC1)c1ccccc1C. The minimum atomic E-state index is 0.684. The normalized spacial score (nSPS) is 17.1. The van der Waals surface area contributed by atoms with Gasteiger partial charge in [-0.25, -0.2) is 0 Å². The van der Waals surface area contributed by atoms with Crippen LogP contribution < -0.4 is 5.32 Å². The van der Waals surface area contributed by atoms with Crippen LogP contribution in [0.2, 0.25) is 0 Å². The lowest BCUT2D eigenvalue weighted by atomic mass is 9.92. The molecule has 1 aromatic carbocycles. The number of hydrogen-bond acceptors (Lipinski definition) is 2. The molecule has 1 aromatic rings. The lowest BCUT2D eigenvalue weighted by Crippen LogP contribution is -2.24. The van der Waals surface area contributed by atoms with Crippen LogP contribution in [0, 0.1) is 6.92 Å². The summed E-state index contributed by atoms with van der Waals surface area (Å²) in [6.07, 6.45) is 6.24. The topological polar surface area (TPSA) is 12.0 Å². The summed E-state index contributed by atoms with van der Waals surface area (Å²) in [6, 6.07) is 9.66. The van der Waals surface area contributed by atoms with Gasteiger partial charge in [0, 0.05) is 12.6 Å². The molecule has 0 aromatic heterocycles. The van der Waals surface area contributed by atoms with Gasteiger partial charge < -0.3 is 5.32 Å². The fourth-order valence-electron chi connectivity index (χ4n) is 2.27. The Balaban J connectivity index is 1.99. The molecule has 1 saturated carbocycles. The lowest BCUT2D eigenvalue weighted by molar-refractivity contribution is 0.568. The van der Waals surface area contributed by atoms with Gasteiger partial charge in [0.25, 0.3) is 0 Å². The first-order valence-corrected chi connectivity index (χ1v) is 7.98. The fraction of sp³-hybridized carbons (Fsp3) is 0.600. The van der Waals surface area contributed by atoms with E-state index < -0.39 is 0 Å². The zero-order valence-corrected chi connectivity index (χ0v) is 11.7. The van der Waals surface area contributed by atoms with Gasteiger partial charge in [-0.1, -0.05) is 24.3 Å². The van der Waals surface area contributed by atoms with Gasteiger partial charge in [-0.05, 0) is 55.2 Å². The Morgan fingerprint density at radius 1 is 1.35 bits per heavy atom. The van der Waals surface area contributed by atoms with Crippen LogP contribution in [0.25, 0.3) is 0 Å². The largest absolute Gasteiger partial charge is 0.313 e. The Morgan fingerprint density at radius 2 is 2.12 bits per heavy atom. The van der Waals surface area contributed by atoms with E-state index in [1.165, 1.54) is 36.1 Å². The van der Waals surface area contributed by atoms with Gasteiger partial charge in [0.15, 0.2) is 0 Å². The summed E-state index contributed by atoms with van der Waals surface area (Å²) in [5.41, 5.74) is 2.98. The molecule has 0 amide bonds. The highest BCUT2D eigenvalue weighted by atomic mass is 32.2. The highest BCUT2D eigenvalue weighted by Gasteiger charge is 2.22. The zero-order chi connectivity index (χ0) is 12.1. The Morgan fingerprint density at radius 3 is 2.76 bits per heavy atom. The average molecular weight is 249 g/mol. The molecule has 0 aliphatic heterocycles. The minimum absolute atomic E-state index is 0.684. The molecule has 1 N–H and O–H groups in total. The highest BCUT2D eigenvalue weighted by molar-refractivity contribution is 7.98. The Labute approximate surface area is 109 Å². The molecule has 1 unspecified atom stereocenters. The van der Waals surface area contributed by atoms with Crippen LogP contribution in [0.15, 0.2) is 24.3 Å². The summed E-state index contributed by atoms with van der Waals surface area (Å²) in [4.78, 5) is 0. The molecule has 1 fully saturated rings. The van der Waals surface area contributed by atoms with Gasteiger partial charge in [0.1, 0.15) is 0 Å². The van der Waals surface area contributed by atoms with Gasteiger partial charge in [-0.3, -0.25) is 0 Å². The summed E-state index contributed by atoms with van der Waals surface area (Å²) >= 11 is 1.95. The van der Waals surface area contributed by atoms with Crippen molar-refractivity contribution in [3.05, 3.63) is 35.4 Å². The number of thioether (sulfide) groups is 1. The van der Waals surface area contributed by atoms with Gasteiger partial charge in [0.05, 0.1) is 0 Å². The van der Waals surface area contributed by atoms with E-state index in [2.05, 4.69) is 42.8 Å². The summed E-state index contributed by atoms with van der Waals surface area (Å²) in [6.45, 7) is 3.38. The van der Waals surface area contributed by atoms with Gasteiger partial charge >= 0.3 is 0 Å². The predicted octanol–water partition coefficient (Wildman–Crippen LogP) is 3.58. The highest BCUT2D eigenvalue weighted by Crippen LogP contribution is 2.26. The first-order valence-electron chi connectivity index (χ1n) is 6.59. The van der Waals surface area contributed by atoms with Gasteiger partial charge in [-0.15, -0.1) is 0 Å². The van der Waals surface area contributed by atoms with Crippen molar-refractivity contribution in [1.82, 2.24) is 5.32 Å². The first kappa shape index (κ1) is 13.0. The van der Waals surface area contributed by atoms with Crippen molar-refractivity contribution in [3.63, 3.8) is 0 Å². The number of aryl methyl sites for hydroxylation is 1. The molecule has 2 heteroatoms. The monoisotopic (exact) mass is 249 g/mol. The van der Waals surface area contributed by atoms with E-state index in [0.29, 0.717) is 5.92 Å². The molecule has 0 spiro atoms. The maximum Gasteiger partial charge on any atom is 0.00684 e. The van der Waals surface area contributed by atoms with Gasteiger partial charge in [-0.2, -0.15) is 11.8 Å².